The molecule has 0 bridgehead atoms. The van der Waals surface area contributed by atoms with Crippen LogP contribution in [0.25, 0.3) is 16.7 Å². The molecule has 180 valence electrons. The Labute approximate surface area is 206 Å². The lowest BCUT2D eigenvalue weighted by molar-refractivity contribution is 0.0932. The predicted octanol–water partition coefficient (Wildman–Crippen LogP) is 3.77. The molecule has 0 atom stereocenters. The molecule has 0 aliphatic rings. The molecule has 36 heavy (non-hydrogen) atoms. The molecule has 0 saturated heterocycles. The Balaban J connectivity index is 1.52. The molecule has 3 heterocycles. The number of hydrogen-bond acceptors (Lipinski definition) is 11. The van der Waals surface area contributed by atoms with Gasteiger partial charge in [-0.3, -0.25) is 9.59 Å². The summed E-state index contributed by atoms with van der Waals surface area (Å²) in [6.45, 7) is 1.30. The summed E-state index contributed by atoms with van der Waals surface area (Å²) < 4.78 is 7.01. The zero-order valence-electron chi connectivity index (χ0n) is 18.6. The van der Waals surface area contributed by atoms with Crippen molar-refractivity contribution in [3.05, 3.63) is 66.0 Å². The number of thioether (sulfide) groups is 1. The van der Waals surface area contributed by atoms with E-state index in [1.807, 2.05) is 30.3 Å². The van der Waals surface area contributed by atoms with Gasteiger partial charge in [0.2, 0.25) is 23.4 Å². The van der Waals surface area contributed by atoms with Crippen LogP contribution in [0.2, 0.25) is 0 Å². The Morgan fingerprint density at radius 1 is 1.11 bits per heavy atom. The molecule has 5 rings (SSSR count). The van der Waals surface area contributed by atoms with Gasteiger partial charge in [0.25, 0.3) is 0 Å². The van der Waals surface area contributed by atoms with Crippen LogP contribution in [0.15, 0.2) is 74.4 Å². The molecule has 0 saturated carbocycles. The van der Waals surface area contributed by atoms with Crippen LogP contribution >= 0.6 is 11.8 Å². The van der Waals surface area contributed by atoms with E-state index in [0.29, 0.717) is 16.6 Å². The molecule has 0 radical (unpaired) electrons. The number of aromatic nitrogens is 6. The van der Waals surface area contributed by atoms with Gasteiger partial charge in [0.05, 0.1) is 11.2 Å². The molecule has 3 aromatic heterocycles. The maximum Gasteiger partial charge on any atom is 0.317 e. The van der Waals surface area contributed by atoms with Gasteiger partial charge in [-0.1, -0.05) is 41.6 Å². The summed E-state index contributed by atoms with van der Waals surface area (Å²) in [5.74, 6) is -1.37. The minimum atomic E-state index is -0.820. The summed E-state index contributed by atoms with van der Waals surface area (Å²) in [5.41, 5.74) is 6.47. The number of benzene rings is 2. The molecule has 2 aromatic carbocycles. The number of amides is 1. The smallest absolute Gasteiger partial charge is 0.317 e. The Morgan fingerprint density at radius 2 is 1.86 bits per heavy atom. The molecule has 0 spiro atoms. The second kappa shape index (κ2) is 9.42. The molecule has 1 amide bonds. The lowest BCUT2D eigenvalue weighted by atomic mass is 10.2. The highest BCUT2D eigenvalue weighted by Gasteiger charge is 2.25. The molecule has 5 aromatic rings. The third kappa shape index (κ3) is 4.09. The highest BCUT2D eigenvalue weighted by molar-refractivity contribution is 7.98. The third-order valence-corrected chi connectivity index (χ3v) is 6.18. The summed E-state index contributed by atoms with van der Waals surface area (Å²) in [6.07, 6.45) is 0. The first kappa shape index (κ1) is 22.9. The van der Waals surface area contributed by atoms with Gasteiger partial charge in [-0.05, 0) is 28.5 Å². The fraction of sp³-hybridized carbons (Fsp3) is 0.0909. The number of nitrogens with zero attached hydrogens (tertiary/aromatic N) is 8. The van der Waals surface area contributed by atoms with Crippen molar-refractivity contribution >= 4 is 46.0 Å². The van der Waals surface area contributed by atoms with E-state index >= 15 is 0 Å². The molecule has 13 nitrogen and oxygen atoms in total. The van der Waals surface area contributed by atoms with E-state index in [1.54, 1.807) is 24.3 Å². The van der Waals surface area contributed by atoms with Crippen LogP contribution in [0.5, 0.6) is 5.88 Å². The quantitative estimate of drug-likeness (QED) is 0.256. The van der Waals surface area contributed by atoms with Crippen LogP contribution in [0, 0.1) is 0 Å². The number of para-hydroxylation sites is 1. The molecule has 0 aliphatic heterocycles. The highest BCUT2D eigenvalue weighted by Crippen LogP contribution is 2.38. The van der Waals surface area contributed by atoms with Crippen molar-refractivity contribution < 1.29 is 19.3 Å². The second-order valence-electron chi connectivity index (χ2n) is 7.42. The van der Waals surface area contributed by atoms with Crippen LogP contribution in [-0.4, -0.2) is 46.8 Å². The number of carbonyl (C=O) groups is 2. The first-order valence-corrected chi connectivity index (χ1v) is 11.4. The Hall–Kier alpha value is -4.85. The normalized spacial score (nSPS) is 11.5. The molecule has 3 N–H and O–H groups in total. The fourth-order valence-electron chi connectivity index (χ4n) is 3.54. The van der Waals surface area contributed by atoms with Gasteiger partial charge in [-0.15, -0.1) is 27.1 Å². The minimum absolute atomic E-state index is 0.0216. The van der Waals surface area contributed by atoms with Crippen LogP contribution in [0.4, 0.5) is 11.5 Å². The molecule has 0 aliphatic carbocycles. The van der Waals surface area contributed by atoms with Crippen LogP contribution in [-0.2, 0) is 5.75 Å². The standard InChI is InChI=1S/C22H17N9O4S/c1-12(32)30-15-10-6-5-9-14(15)17(22(30)34)24-26-21(33)18-16(11-36-13-7-3-2-4-8-13)31(29-25-18)20-19(23)27-35-28-20/h2-10,34H,11H2,1H3,(H2,23,27). The summed E-state index contributed by atoms with van der Waals surface area (Å²) in [6, 6.07) is 16.2. The summed E-state index contributed by atoms with van der Waals surface area (Å²) in [5, 5.41) is 34.0. The van der Waals surface area contributed by atoms with Crippen molar-refractivity contribution in [2.24, 2.45) is 10.2 Å². The van der Waals surface area contributed by atoms with Gasteiger partial charge in [0.1, 0.15) is 0 Å². The molecule has 0 fully saturated rings. The lowest BCUT2D eigenvalue weighted by Crippen LogP contribution is -2.07. The van der Waals surface area contributed by atoms with Gasteiger partial charge in [0, 0.05) is 23.0 Å². The summed E-state index contributed by atoms with van der Waals surface area (Å²) in [7, 11) is 0. The number of nitrogens with two attached hydrogens (primary N) is 1. The largest absolute Gasteiger partial charge is 0.493 e. The molecular formula is C22H17N9O4S. The first-order valence-electron chi connectivity index (χ1n) is 10.5. The van der Waals surface area contributed by atoms with E-state index < -0.39 is 17.7 Å². The zero-order chi connectivity index (χ0) is 25.2. The SMILES string of the molecule is CC(=O)n1c(O)c(N=NC(=O)c2nnn(-c3nonc3N)c2CSc2ccccc2)c2ccccc21. The Bertz CT molecular complexity index is 1620. The van der Waals surface area contributed by atoms with E-state index in [2.05, 4.69) is 35.5 Å². The van der Waals surface area contributed by atoms with Crippen LogP contribution in [0.1, 0.15) is 27.9 Å². The molecular weight excluding hydrogens is 486 g/mol. The molecule has 0 unspecified atom stereocenters. The number of carbonyl (C=O) groups excluding carboxylic acids is 2. The number of fused-ring (bicyclic) bond motifs is 1. The van der Waals surface area contributed by atoms with Crippen LogP contribution in [0.3, 0.4) is 0 Å². The van der Waals surface area contributed by atoms with Crippen molar-refractivity contribution in [2.45, 2.75) is 17.6 Å². The van der Waals surface area contributed by atoms with E-state index in [9.17, 15) is 14.7 Å². The number of anilines is 1. The maximum atomic E-state index is 13.1. The van der Waals surface area contributed by atoms with Gasteiger partial charge in [0.15, 0.2) is 11.4 Å². The van der Waals surface area contributed by atoms with Gasteiger partial charge < -0.3 is 10.8 Å². The average molecular weight is 504 g/mol. The summed E-state index contributed by atoms with van der Waals surface area (Å²) in [4.78, 5) is 26.1. The van der Waals surface area contributed by atoms with E-state index in [0.717, 1.165) is 9.46 Å². The van der Waals surface area contributed by atoms with Crippen LogP contribution < -0.4 is 5.73 Å². The van der Waals surface area contributed by atoms with Gasteiger partial charge >= 0.3 is 5.91 Å². The molecule has 14 heteroatoms. The fourth-order valence-corrected chi connectivity index (χ4v) is 4.46. The van der Waals surface area contributed by atoms with Gasteiger partial charge in [-0.25, -0.2) is 9.20 Å². The third-order valence-electron chi connectivity index (χ3n) is 5.16. The van der Waals surface area contributed by atoms with Crippen molar-refractivity contribution in [1.29, 1.82) is 0 Å². The Morgan fingerprint density at radius 3 is 2.58 bits per heavy atom. The van der Waals surface area contributed by atoms with Gasteiger partial charge in [-0.2, -0.15) is 4.68 Å². The number of azo groups is 1. The predicted molar refractivity (Wildman–Crippen MR) is 128 cm³/mol. The topological polar surface area (TPSA) is 180 Å². The highest BCUT2D eigenvalue weighted by atomic mass is 32.2. The van der Waals surface area contributed by atoms with Crippen molar-refractivity contribution in [3.8, 4) is 11.7 Å². The second-order valence-corrected chi connectivity index (χ2v) is 8.47. The van der Waals surface area contributed by atoms with Crippen molar-refractivity contribution in [2.75, 3.05) is 5.73 Å². The summed E-state index contributed by atoms with van der Waals surface area (Å²) >= 11 is 1.43. The minimum Gasteiger partial charge on any atom is -0.493 e. The maximum absolute atomic E-state index is 13.1. The van der Waals surface area contributed by atoms with Crippen molar-refractivity contribution in [1.82, 2.24) is 29.9 Å². The number of hydrogen-bond donors (Lipinski definition) is 2. The first-order chi connectivity index (χ1) is 17.5. The number of rotatable bonds is 6. The monoisotopic (exact) mass is 503 g/mol. The van der Waals surface area contributed by atoms with E-state index in [-0.39, 0.29) is 28.8 Å². The zero-order valence-corrected chi connectivity index (χ0v) is 19.5. The van der Waals surface area contributed by atoms with E-state index in [1.165, 1.54) is 23.4 Å². The lowest BCUT2D eigenvalue weighted by Gasteiger charge is -2.04. The Kier molecular flexibility index (Phi) is 6.00. The number of nitrogen functional groups attached to an aromatic ring is 1. The number of aromatic hydroxyl groups is 1. The van der Waals surface area contributed by atoms with Crippen molar-refractivity contribution in [3.63, 3.8) is 0 Å². The van der Waals surface area contributed by atoms with E-state index in [4.69, 9.17) is 5.73 Å². The average Bonchev–Trinajstić information content (AvgIpc) is 3.56.